The standard InChI is InChI=1S/C21H23N3O3/c1-14-10-11-16(13-17(14)20(22)26)23-21(27)19(15-7-3-2-4-8-15)24-12-6-5-9-18(24)25/h2-4,7-8,10-11,13,19H,5-6,9,12H2,1H3,(H2,22,26)(H,23,27). The largest absolute Gasteiger partial charge is 0.366 e. The van der Waals surface area contributed by atoms with Crippen molar-refractivity contribution >= 4 is 23.4 Å². The molecular formula is C21H23N3O3. The average Bonchev–Trinajstić information content (AvgIpc) is 2.66. The number of primary amides is 1. The molecule has 0 aliphatic carbocycles. The Morgan fingerprint density at radius 2 is 1.85 bits per heavy atom. The van der Waals surface area contributed by atoms with Gasteiger partial charge in [0, 0.05) is 24.2 Å². The number of benzene rings is 2. The molecule has 140 valence electrons. The molecule has 0 bridgehead atoms. The van der Waals surface area contributed by atoms with E-state index in [0.717, 1.165) is 24.0 Å². The summed E-state index contributed by atoms with van der Waals surface area (Å²) in [7, 11) is 0. The summed E-state index contributed by atoms with van der Waals surface area (Å²) in [5.74, 6) is -0.878. The first-order valence-electron chi connectivity index (χ1n) is 9.03. The highest BCUT2D eigenvalue weighted by molar-refractivity contribution is 6.00. The van der Waals surface area contributed by atoms with E-state index in [2.05, 4.69) is 5.32 Å². The molecule has 3 rings (SSSR count). The normalized spacial score (nSPS) is 15.3. The highest BCUT2D eigenvalue weighted by Crippen LogP contribution is 2.27. The van der Waals surface area contributed by atoms with Crippen molar-refractivity contribution in [3.63, 3.8) is 0 Å². The molecule has 3 N–H and O–H groups in total. The van der Waals surface area contributed by atoms with E-state index in [1.54, 1.807) is 30.0 Å². The fraction of sp³-hybridized carbons (Fsp3) is 0.286. The van der Waals surface area contributed by atoms with Crippen LogP contribution in [0.1, 0.15) is 46.8 Å². The molecule has 0 saturated carbocycles. The number of piperidine rings is 1. The monoisotopic (exact) mass is 365 g/mol. The minimum Gasteiger partial charge on any atom is -0.366 e. The summed E-state index contributed by atoms with van der Waals surface area (Å²) in [5, 5.41) is 2.84. The van der Waals surface area contributed by atoms with Gasteiger partial charge in [-0.05, 0) is 43.0 Å². The van der Waals surface area contributed by atoms with Gasteiger partial charge in [0.15, 0.2) is 0 Å². The van der Waals surface area contributed by atoms with Gasteiger partial charge in [0.1, 0.15) is 6.04 Å². The molecule has 1 saturated heterocycles. The van der Waals surface area contributed by atoms with E-state index in [-0.39, 0.29) is 11.8 Å². The summed E-state index contributed by atoms with van der Waals surface area (Å²) in [6.45, 7) is 2.33. The Morgan fingerprint density at radius 3 is 2.52 bits per heavy atom. The number of hydrogen-bond donors (Lipinski definition) is 2. The maximum atomic E-state index is 13.1. The van der Waals surface area contributed by atoms with Crippen LogP contribution in [0.5, 0.6) is 0 Å². The molecule has 0 aromatic heterocycles. The maximum Gasteiger partial charge on any atom is 0.251 e. The van der Waals surface area contributed by atoms with Crippen LogP contribution >= 0.6 is 0 Å². The molecule has 6 heteroatoms. The van der Waals surface area contributed by atoms with Crippen LogP contribution in [0.2, 0.25) is 0 Å². The van der Waals surface area contributed by atoms with Crippen molar-refractivity contribution < 1.29 is 14.4 Å². The Hall–Kier alpha value is -3.15. The van der Waals surface area contributed by atoms with E-state index in [1.165, 1.54) is 0 Å². The first kappa shape index (κ1) is 18.6. The summed E-state index contributed by atoms with van der Waals surface area (Å²) in [5.41, 5.74) is 7.73. The van der Waals surface area contributed by atoms with Crippen LogP contribution in [0, 0.1) is 6.92 Å². The number of carbonyl (C=O) groups is 3. The summed E-state index contributed by atoms with van der Waals surface area (Å²) in [6.07, 6.45) is 2.17. The number of amides is 3. The maximum absolute atomic E-state index is 13.1. The third kappa shape index (κ3) is 4.16. The second kappa shape index (κ2) is 8.03. The van der Waals surface area contributed by atoms with Crippen LogP contribution in [0.4, 0.5) is 5.69 Å². The van der Waals surface area contributed by atoms with Crippen LogP contribution < -0.4 is 11.1 Å². The Balaban J connectivity index is 1.91. The first-order valence-corrected chi connectivity index (χ1v) is 9.03. The second-order valence-corrected chi connectivity index (χ2v) is 6.74. The number of hydrogen-bond acceptors (Lipinski definition) is 3. The summed E-state index contributed by atoms with van der Waals surface area (Å²) in [6, 6.07) is 13.6. The van der Waals surface area contributed by atoms with Crippen LogP contribution in [-0.2, 0) is 9.59 Å². The zero-order valence-corrected chi connectivity index (χ0v) is 15.3. The Morgan fingerprint density at radius 1 is 1.11 bits per heavy atom. The topological polar surface area (TPSA) is 92.5 Å². The van der Waals surface area contributed by atoms with Gasteiger partial charge in [-0.25, -0.2) is 0 Å². The number of anilines is 1. The highest BCUT2D eigenvalue weighted by Gasteiger charge is 2.32. The fourth-order valence-corrected chi connectivity index (χ4v) is 3.38. The van der Waals surface area contributed by atoms with Crippen molar-refractivity contribution in [3.8, 4) is 0 Å². The van der Waals surface area contributed by atoms with Gasteiger partial charge in [0.2, 0.25) is 11.8 Å². The molecule has 2 aromatic carbocycles. The molecule has 3 amide bonds. The van der Waals surface area contributed by atoms with Crippen molar-refractivity contribution in [1.82, 2.24) is 4.90 Å². The van der Waals surface area contributed by atoms with E-state index in [1.807, 2.05) is 30.3 Å². The SMILES string of the molecule is Cc1ccc(NC(=O)C(c2ccccc2)N2CCCCC2=O)cc1C(N)=O. The Labute approximate surface area is 158 Å². The predicted octanol–water partition coefficient (Wildman–Crippen LogP) is 2.79. The van der Waals surface area contributed by atoms with Crippen LogP contribution in [0.15, 0.2) is 48.5 Å². The van der Waals surface area contributed by atoms with E-state index < -0.39 is 11.9 Å². The Bertz CT molecular complexity index is 864. The summed E-state index contributed by atoms with van der Waals surface area (Å²) in [4.78, 5) is 38.7. The van der Waals surface area contributed by atoms with Gasteiger partial charge in [-0.2, -0.15) is 0 Å². The van der Waals surface area contributed by atoms with Crippen molar-refractivity contribution in [1.29, 1.82) is 0 Å². The lowest BCUT2D eigenvalue weighted by atomic mass is 10.00. The molecule has 1 aliphatic rings. The lowest BCUT2D eigenvalue weighted by molar-refractivity contribution is -0.141. The predicted molar refractivity (Wildman–Crippen MR) is 103 cm³/mol. The van der Waals surface area contributed by atoms with Gasteiger partial charge in [-0.3, -0.25) is 14.4 Å². The first-order chi connectivity index (χ1) is 13.0. The minimum atomic E-state index is -0.711. The highest BCUT2D eigenvalue weighted by atomic mass is 16.2. The molecule has 0 spiro atoms. The van der Waals surface area contributed by atoms with Gasteiger partial charge in [-0.15, -0.1) is 0 Å². The quantitative estimate of drug-likeness (QED) is 0.853. The molecule has 6 nitrogen and oxygen atoms in total. The summed E-state index contributed by atoms with van der Waals surface area (Å²) < 4.78 is 0. The number of nitrogens with one attached hydrogen (secondary N) is 1. The summed E-state index contributed by atoms with van der Waals surface area (Å²) >= 11 is 0. The van der Waals surface area contributed by atoms with Crippen molar-refractivity contribution in [2.45, 2.75) is 32.2 Å². The molecule has 1 unspecified atom stereocenters. The fourth-order valence-electron chi connectivity index (χ4n) is 3.38. The molecule has 1 heterocycles. The number of likely N-dealkylation sites (tertiary alicyclic amines) is 1. The van der Waals surface area contributed by atoms with Gasteiger partial charge in [0.05, 0.1) is 0 Å². The van der Waals surface area contributed by atoms with Crippen molar-refractivity contribution in [2.24, 2.45) is 5.73 Å². The third-order valence-electron chi connectivity index (χ3n) is 4.81. The van der Waals surface area contributed by atoms with E-state index in [0.29, 0.717) is 24.2 Å². The minimum absolute atomic E-state index is 0.0213. The van der Waals surface area contributed by atoms with Crippen LogP contribution in [0.25, 0.3) is 0 Å². The number of rotatable bonds is 5. The number of carbonyl (C=O) groups excluding carboxylic acids is 3. The zero-order chi connectivity index (χ0) is 19.4. The second-order valence-electron chi connectivity index (χ2n) is 6.74. The average molecular weight is 365 g/mol. The molecule has 1 atom stereocenters. The number of nitrogens with two attached hydrogens (primary N) is 1. The zero-order valence-electron chi connectivity index (χ0n) is 15.3. The van der Waals surface area contributed by atoms with Gasteiger partial charge < -0.3 is 16.0 Å². The van der Waals surface area contributed by atoms with E-state index >= 15 is 0 Å². The molecule has 0 radical (unpaired) electrons. The third-order valence-corrected chi connectivity index (χ3v) is 4.81. The number of nitrogens with zero attached hydrogens (tertiary/aromatic N) is 1. The molecular weight excluding hydrogens is 342 g/mol. The molecule has 2 aromatic rings. The molecule has 1 fully saturated rings. The number of aryl methyl sites for hydroxylation is 1. The smallest absolute Gasteiger partial charge is 0.251 e. The lowest BCUT2D eigenvalue weighted by Crippen LogP contribution is -2.43. The van der Waals surface area contributed by atoms with E-state index in [4.69, 9.17) is 5.73 Å². The van der Waals surface area contributed by atoms with Gasteiger partial charge in [0.25, 0.3) is 5.91 Å². The van der Waals surface area contributed by atoms with Crippen molar-refractivity contribution in [2.75, 3.05) is 11.9 Å². The lowest BCUT2D eigenvalue weighted by Gasteiger charge is -2.34. The van der Waals surface area contributed by atoms with Gasteiger partial charge >= 0.3 is 0 Å². The van der Waals surface area contributed by atoms with Crippen LogP contribution in [-0.4, -0.2) is 29.2 Å². The molecule has 1 aliphatic heterocycles. The molecule has 27 heavy (non-hydrogen) atoms. The Kier molecular flexibility index (Phi) is 5.54. The van der Waals surface area contributed by atoms with Gasteiger partial charge in [-0.1, -0.05) is 36.4 Å². The van der Waals surface area contributed by atoms with Crippen LogP contribution in [0.3, 0.4) is 0 Å². The van der Waals surface area contributed by atoms with E-state index in [9.17, 15) is 14.4 Å². The van der Waals surface area contributed by atoms with Crippen molar-refractivity contribution in [3.05, 3.63) is 65.2 Å².